The largest absolute Gasteiger partial charge is 0.508 e. The van der Waals surface area contributed by atoms with E-state index in [1.54, 1.807) is 12.1 Å². The van der Waals surface area contributed by atoms with E-state index < -0.39 is 0 Å². The van der Waals surface area contributed by atoms with Gasteiger partial charge in [0.25, 0.3) is 0 Å². The minimum absolute atomic E-state index is 0.275. The fourth-order valence-corrected chi connectivity index (χ4v) is 3.02. The predicted molar refractivity (Wildman–Crippen MR) is 76.1 cm³/mol. The van der Waals surface area contributed by atoms with Crippen LogP contribution in [0.5, 0.6) is 11.5 Å². The van der Waals surface area contributed by atoms with Gasteiger partial charge in [0.1, 0.15) is 11.5 Å². The van der Waals surface area contributed by atoms with Gasteiger partial charge in [-0.3, -0.25) is 0 Å². The maximum absolute atomic E-state index is 10.3. The molecular weight excluding hydrogens is 236 g/mol. The van der Waals surface area contributed by atoms with E-state index in [1.165, 1.54) is 0 Å². The molecule has 2 aromatic rings. The Bertz CT molecular complexity index is 858. The molecule has 2 aliphatic rings. The molecule has 0 spiro atoms. The van der Waals surface area contributed by atoms with Gasteiger partial charge in [0.05, 0.1) is 0 Å². The van der Waals surface area contributed by atoms with Crippen LogP contribution in [0.1, 0.15) is 11.1 Å². The molecule has 0 unspecified atom stereocenters. The van der Waals surface area contributed by atoms with Crippen molar-refractivity contribution in [1.82, 2.24) is 0 Å². The fourth-order valence-electron chi connectivity index (χ4n) is 3.02. The Labute approximate surface area is 110 Å². The molecule has 2 heteroatoms. The second-order valence-electron chi connectivity index (χ2n) is 4.92. The summed E-state index contributed by atoms with van der Waals surface area (Å²) < 4.78 is 0. The van der Waals surface area contributed by atoms with Gasteiger partial charge in [0.2, 0.25) is 0 Å². The molecule has 0 aliphatic heterocycles. The Hall–Kier alpha value is -2.48. The summed E-state index contributed by atoms with van der Waals surface area (Å²) in [6.07, 6.45) is 8.84. The molecule has 2 aromatic carbocycles. The Balaban J connectivity index is 2.18. The zero-order valence-electron chi connectivity index (χ0n) is 10.2. The van der Waals surface area contributed by atoms with E-state index in [1.807, 2.05) is 24.3 Å². The van der Waals surface area contributed by atoms with Crippen molar-refractivity contribution in [2.75, 3.05) is 0 Å². The third kappa shape index (κ3) is 1.31. The molecule has 0 fully saturated rings. The lowest BCUT2D eigenvalue weighted by Gasteiger charge is -2.17. The summed E-state index contributed by atoms with van der Waals surface area (Å²) in [5, 5.41) is 22.5. The first-order valence-electron chi connectivity index (χ1n) is 6.31. The summed E-state index contributed by atoms with van der Waals surface area (Å²) >= 11 is 0. The van der Waals surface area contributed by atoms with E-state index in [2.05, 4.69) is 12.2 Å². The molecule has 0 saturated carbocycles. The number of rotatable bonds is 0. The van der Waals surface area contributed by atoms with Crippen LogP contribution < -0.4 is 10.4 Å². The molecule has 0 bridgehead atoms. The molecule has 4 rings (SSSR count). The molecule has 2 aliphatic carbocycles. The lowest BCUT2D eigenvalue weighted by atomic mass is 9.88. The number of phenolic OH excluding ortho intramolecular Hbond substituents is 2. The Morgan fingerprint density at radius 1 is 1.00 bits per heavy atom. The normalized spacial score (nSPS) is 14.1. The van der Waals surface area contributed by atoms with Crippen LogP contribution in [0.25, 0.3) is 29.4 Å². The molecule has 0 heterocycles. The minimum Gasteiger partial charge on any atom is -0.508 e. The molecule has 92 valence electrons. The van der Waals surface area contributed by atoms with Crippen LogP contribution in [0.15, 0.2) is 30.3 Å². The number of benzene rings is 2. The average Bonchev–Trinajstić information content (AvgIpc) is 2.86. The van der Waals surface area contributed by atoms with Crippen molar-refractivity contribution in [3.63, 3.8) is 0 Å². The number of allylic oxidation sites excluding steroid dienone is 1. The molecule has 0 saturated heterocycles. The maximum atomic E-state index is 10.3. The number of hydrogen-bond acceptors (Lipinski definition) is 2. The third-order valence-corrected chi connectivity index (χ3v) is 3.89. The Morgan fingerprint density at radius 2 is 1.89 bits per heavy atom. The van der Waals surface area contributed by atoms with Crippen molar-refractivity contribution in [3.8, 4) is 22.6 Å². The average molecular weight is 248 g/mol. The summed E-state index contributed by atoms with van der Waals surface area (Å²) in [6.45, 7) is 0. The van der Waals surface area contributed by atoms with Crippen LogP contribution in [0, 0.1) is 0 Å². The van der Waals surface area contributed by atoms with Crippen molar-refractivity contribution >= 4 is 18.2 Å². The van der Waals surface area contributed by atoms with E-state index in [9.17, 15) is 10.2 Å². The third-order valence-electron chi connectivity index (χ3n) is 3.89. The van der Waals surface area contributed by atoms with Crippen molar-refractivity contribution in [2.24, 2.45) is 0 Å². The number of hydrogen-bond donors (Lipinski definition) is 2. The van der Waals surface area contributed by atoms with Crippen molar-refractivity contribution in [3.05, 3.63) is 51.9 Å². The van der Waals surface area contributed by atoms with Crippen molar-refractivity contribution in [2.45, 2.75) is 6.42 Å². The predicted octanol–water partition coefficient (Wildman–Crippen LogP) is 1.91. The van der Waals surface area contributed by atoms with Crippen LogP contribution >= 0.6 is 0 Å². The minimum atomic E-state index is 0.275. The SMILES string of the molecule is Oc1cccc2c1CC=c1c-2c(O)cc2c1=CC=C2. The highest BCUT2D eigenvalue weighted by Gasteiger charge is 2.19. The number of phenols is 2. The number of fused-ring (bicyclic) bond motifs is 5. The summed E-state index contributed by atoms with van der Waals surface area (Å²) in [5.74, 6) is 0.568. The molecule has 19 heavy (non-hydrogen) atoms. The van der Waals surface area contributed by atoms with E-state index in [0.29, 0.717) is 12.2 Å². The summed E-state index contributed by atoms with van der Waals surface area (Å²) in [4.78, 5) is 0. The molecule has 2 N–H and O–H groups in total. The van der Waals surface area contributed by atoms with Gasteiger partial charge in [-0.15, -0.1) is 0 Å². The molecule has 2 nitrogen and oxygen atoms in total. The van der Waals surface area contributed by atoms with Gasteiger partial charge in [-0.1, -0.05) is 36.4 Å². The quantitative estimate of drug-likeness (QED) is 0.747. The van der Waals surface area contributed by atoms with Gasteiger partial charge < -0.3 is 10.2 Å². The number of aromatic hydroxyl groups is 2. The summed E-state index contributed by atoms with van der Waals surface area (Å²) in [6, 6.07) is 7.25. The standard InChI is InChI=1S/C17H12O2/c18-15-6-2-5-13-12(15)7-8-14-11-4-1-3-10(11)9-16(19)17(13)14/h1-6,8-9,18-19H,7H2. The summed E-state index contributed by atoms with van der Waals surface area (Å²) in [5.41, 5.74) is 3.70. The molecule has 0 amide bonds. The van der Waals surface area contributed by atoms with E-state index in [0.717, 1.165) is 32.7 Å². The second kappa shape index (κ2) is 3.51. The molecule has 0 aromatic heterocycles. The van der Waals surface area contributed by atoms with Crippen molar-refractivity contribution < 1.29 is 10.2 Å². The highest BCUT2D eigenvalue weighted by atomic mass is 16.3. The highest BCUT2D eigenvalue weighted by molar-refractivity contribution is 5.83. The Morgan fingerprint density at radius 3 is 2.79 bits per heavy atom. The first kappa shape index (κ1) is 10.4. The van der Waals surface area contributed by atoms with Crippen molar-refractivity contribution in [1.29, 1.82) is 0 Å². The van der Waals surface area contributed by atoms with Crippen LogP contribution in [0.4, 0.5) is 0 Å². The van der Waals surface area contributed by atoms with Crippen LogP contribution in [-0.4, -0.2) is 10.2 Å². The summed E-state index contributed by atoms with van der Waals surface area (Å²) in [7, 11) is 0. The van der Waals surface area contributed by atoms with Gasteiger partial charge in [-0.2, -0.15) is 0 Å². The van der Waals surface area contributed by atoms with E-state index in [-0.39, 0.29) is 5.75 Å². The first-order valence-corrected chi connectivity index (χ1v) is 6.31. The monoisotopic (exact) mass is 248 g/mol. The zero-order chi connectivity index (χ0) is 13.0. The maximum Gasteiger partial charge on any atom is 0.124 e. The van der Waals surface area contributed by atoms with Gasteiger partial charge in [0, 0.05) is 11.1 Å². The van der Waals surface area contributed by atoms with Crippen LogP contribution in [-0.2, 0) is 6.42 Å². The van der Waals surface area contributed by atoms with Crippen LogP contribution in [0.2, 0.25) is 0 Å². The lowest BCUT2D eigenvalue weighted by molar-refractivity contribution is 0.469. The van der Waals surface area contributed by atoms with E-state index in [4.69, 9.17) is 0 Å². The first-order chi connectivity index (χ1) is 9.25. The fraction of sp³-hybridized carbons (Fsp3) is 0.0588. The second-order valence-corrected chi connectivity index (χ2v) is 4.92. The van der Waals surface area contributed by atoms with E-state index >= 15 is 0 Å². The smallest absolute Gasteiger partial charge is 0.124 e. The van der Waals surface area contributed by atoms with Gasteiger partial charge in [-0.25, -0.2) is 0 Å². The molecule has 0 radical (unpaired) electrons. The van der Waals surface area contributed by atoms with Crippen LogP contribution in [0.3, 0.4) is 0 Å². The molecule has 0 atom stereocenters. The Kier molecular flexibility index (Phi) is 1.93. The highest BCUT2D eigenvalue weighted by Crippen LogP contribution is 2.35. The van der Waals surface area contributed by atoms with Gasteiger partial charge in [0.15, 0.2) is 0 Å². The zero-order valence-corrected chi connectivity index (χ0v) is 10.2. The van der Waals surface area contributed by atoms with Gasteiger partial charge >= 0.3 is 0 Å². The topological polar surface area (TPSA) is 40.5 Å². The lowest BCUT2D eigenvalue weighted by Crippen LogP contribution is -2.30. The van der Waals surface area contributed by atoms with Gasteiger partial charge in [-0.05, 0) is 40.1 Å². The molecular formula is C17H12O2.